The van der Waals surface area contributed by atoms with E-state index >= 15 is 0 Å². The minimum Gasteiger partial charge on any atom is -0.378 e. The Balaban J connectivity index is 1.71. The maximum atomic E-state index is 13.1. The fourth-order valence-electron chi connectivity index (χ4n) is 2.91. The minimum atomic E-state index is -1.65. The quantitative estimate of drug-likeness (QED) is 0.709. The van der Waals surface area contributed by atoms with Gasteiger partial charge in [0, 0.05) is 18.1 Å². The number of carbonyl (C=O) groups excluding carboxylic acids is 1. The molecule has 3 rings (SSSR count). The van der Waals surface area contributed by atoms with Gasteiger partial charge in [0.25, 0.3) is 5.91 Å². The lowest BCUT2D eigenvalue weighted by Gasteiger charge is -2.23. The van der Waals surface area contributed by atoms with E-state index in [2.05, 4.69) is 11.4 Å². The first kappa shape index (κ1) is 19.3. The molecule has 0 saturated carbocycles. The van der Waals surface area contributed by atoms with Crippen LogP contribution in [-0.2, 0) is 11.3 Å². The molecule has 0 saturated heterocycles. The number of hydrogen-bond donors (Lipinski definition) is 2. The molecule has 3 aromatic rings. The van der Waals surface area contributed by atoms with Crippen molar-refractivity contribution in [2.24, 2.45) is 0 Å². The molecule has 28 heavy (non-hydrogen) atoms. The van der Waals surface area contributed by atoms with E-state index in [1.54, 1.807) is 54.2 Å². The first-order valence-electron chi connectivity index (χ1n) is 8.75. The Bertz CT molecular complexity index is 1050. The molecule has 0 bridgehead atoms. The van der Waals surface area contributed by atoms with Gasteiger partial charge in [0.1, 0.15) is 5.82 Å². The van der Waals surface area contributed by atoms with Gasteiger partial charge in [-0.15, -0.1) is 0 Å². The Hall–Kier alpha value is -3.43. The third kappa shape index (κ3) is 4.27. The van der Waals surface area contributed by atoms with Gasteiger partial charge < -0.3 is 15.0 Å². The molecule has 0 aliphatic rings. The first-order valence-corrected chi connectivity index (χ1v) is 8.75. The lowest BCUT2D eigenvalue weighted by Crippen LogP contribution is -2.43. The summed E-state index contributed by atoms with van der Waals surface area (Å²) in [7, 11) is 0. The van der Waals surface area contributed by atoms with Crippen LogP contribution in [0.2, 0.25) is 0 Å². The number of amides is 1. The molecule has 1 amide bonds. The molecule has 1 atom stereocenters. The zero-order chi connectivity index (χ0) is 20.3. The topological polar surface area (TPSA) is 78.0 Å². The van der Waals surface area contributed by atoms with Crippen molar-refractivity contribution in [1.82, 2.24) is 4.57 Å². The number of anilines is 1. The molecular weight excluding hydrogens is 357 g/mol. The normalized spacial score (nSPS) is 12.8. The SMILES string of the molecule is Cc1cc(NC(=O)C(C)(O)Cn2ccc(-c3ccc(F)cc3)c2)ccc1C#N. The second-order valence-electron chi connectivity index (χ2n) is 6.95. The molecule has 0 aliphatic heterocycles. The van der Waals surface area contributed by atoms with Gasteiger partial charge in [-0.2, -0.15) is 5.26 Å². The van der Waals surface area contributed by atoms with Gasteiger partial charge in [-0.1, -0.05) is 12.1 Å². The molecule has 0 fully saturated rings. The first-order chi connectivity index (χ1) is 13.3. The molecule has 1 aromatic heterocycles. The number of nitrogens with one attached hydrogen (secondary N) is 1. The molecule has 0 aliphatic carbocycles. The summed E-state index contributed by atoms with van der Waals surface area (Å²) in [5, 5.41) is 22.3. The summed E-state index contributed by atoms with van der Waals surface area (Å²) >= 11 is 0. The number of halogens is 1. The number of aryl methyl sites for hydroxylation is 1. The zero-order valence-electron chi connectivity index (χ0n) is 15.6. The highest BCUT2D eigenvalue weighted by Crippen LogP contribution is 2.22. The molecular formula is C22H20FN3O2. The minimum absolute atomic E-state index is 0.0509. The molecule has 0 spiro atoms. The smallest absolute Gasteiger partial charge is 0.257 e. The van der Waals surface area contributed by atoms with E-state index in [1.807, 2.05) is 6.07 Å². The fraction of sp³-hybridized carbons (Fsp3) is 0.182. The average Bonchev–Trinajstić information content (AvgIpc) is 3.10. The van der Waals surface area contributed by atoms with E-state index in [9.17, 15) is 14.3 Å². The molecule has 1 heterocycles. The van der Waals surface area contributed by atoms with Crippen molar-refractivity contribution in [3.8, 4) is 17.2 Å². The highest BCUT2D eigenvalue weighted by molar-refractivity contribution is 5.96. The highest BCUT2D eigenvalue weighted by atomic mass is 19.1. The van der Waals surface area contributed by atoms with E-state index in [1.165, 1.54) is 19.1 Å². The maximum Gasteiger partial charge on any atom is 0.257 e. The van der Waals surface area contributed by atoms with E-state index in [0.717, 1.165) is 16.7 Å². The lowest BCUT2D eigenvalue weighted by atomic mass is 10.0. The summed E-state index contributed by atoms with van der Waals surface area (Å²) in [5.74, 6) is -0.852. The number of carbonyl (C=O) groups is 1. The van der Waals surface area contributed by atoms with E-state index < -0.39 is 11.5 Å². The van der Waals surface area contributed by atoms with Gasteiger partial charge in [-0.3, -0.25) is 4.79 Å². The van der Waals surface area contributed by atoms with Crippen molar-refractivity contribution < 1.29 is 14.3 Å². The second-order valence-corrected chi connectivity index (χ2v) is 6.95. The van der Waals surface area contributed by atoms with Crippen LogP contribution in [0, 0.1) is 24.1 Å². The van der Waals surface area contributed by atoms with Crippen LogP contribution in [0.1, 0.15) is 18.1 Å². The van der Waals surface area contributed by atoms with Crippen LogP contribution in [0.25, 0.3) is 11.1 Å². The molecule has 6 heteroatoms. The van der Waals surface area contributed by atoms with Gasteiger partial charge in [0.05, 0.1) is 18.2 Å². The van der Waals surface area contributed by atoms with Crippen LogP contribution in [-0.4, -0.2) is 21.2 Å². The third-order valence-electron chi connectivity index (χ3n) is 4.51. The molecule has 2 aromatic carbocycles. The number of benzene rings is 2. The molecule has 0 radical (unpaired) electrons. The third-order valence-corrected chi connectivity index (χ3v) is 4.51. The Morgan fingerprint density at radius 2 is 1.93 bits per heavy atom. The maximum absolute atomic E-state index is 13.1. The van der Waals surface area contributed by atoms with Crippen molar-refractivity contribution in [3.05, 3.63) is 77.9 Å². The van der Waals surface area contributed by atoms with Gasteiger partial charge >= 0.3 is 0 Å². The van der Waals surface area contributed by atoms with Crippen molar-refractivity contribution in [3.63, 3.8) is 0 Å². The molecule has 2 N–H and O–H groups in total. The van der Waals surface area contributed by atoms with Crippen molar-refractivity contribution in [2.45, 2.75) is 26.0 Å². The standard InChI is InChI=1S/C22H20FN3O2/c1-15-11-20(8-5-17(15)12-24)25-21(27)22(2,28)14-26-10-9-18(13-26)16-3-6-19(23)7-4-16/h3-11,13,28H,14H2,1-2H3,(H,25,27). The Morgan fingerprint density at radius 1 is 1.21 bits per heavy atom. The zero-order valence-corrected chi connectivity index (χ0v) is 15.6. The van der Waals surface area contributed by atoms with Crippen LogP contribution in [0.5, 0.6) is 0 Å². The Labute approximate surface area is 162 Å². The number of rotatable bonds is 5. The van der Waals surface area contributed by atoms with Gasteiger partial charge in [-0.25, -0.2) is 4.39 Å². The van der Waals surface area contributed by atoms with Crippen LogP contribution >= 0.6 is 0 Å². The van der Waals surface area contributed by atoms with Crippen LogP contribution in [0.3, 0.4) is 0 Å². The summed E-state index contributed by atoms with van der Waals surface area (Å²) in [6.07, 6.45) is 3.55. The molecule has 1 unspecified atom stereocenters. The lowest BCUT2D eigenvalue weighted by molar-refractivity contribution is -0.133. The van der Waals surface area contributed by atoms with Crippen LogP contribution in [0.15, 0.2) is 60.9 Å². The van der Waals surface area contributed by atoms with Gasteiger partial charge in [-0.05, 0) is 66.9 Å². The monoisotopic (exact) mass is 377 g/mol. The van der Waals surface area contributed by atoms with Crippen molar-refractivity contribution in [1.29, 1.82) is 5.26 Å². The largest absolute Gasteiger partial charge is 0.378 e. The summed E-state index contributed by atoms with van der Waals surface area (Å²) < 4.78 is 14.8. The van der Waals surface area contributed by atoms with Crippen LogP contribution in [0.4, 0.5) is 10.1 Å². The van der Waals surface area contributed by atoms with E-state index in [0.29, 0.717) is 11.3 Å². The number of hydrogen-bond acceptors (Lipinski definition) is 3. The molecule has 5 nitrogen and oxygen atoms in total. The second kappa shape index (κ2) is 7.67. The summed E-state index contributed by atoms with van der Waals surface area (Å²) in [6, 6.07) is 15.0. The van der Waals surface area contributed by atoms with Gasteiger partial charge in [0.15, 0.2) is 5.60 Å². The number of aromatic nitrogens is 1. The Morgan fingerprint density at radius 3 is 2.57 bits per heavy atom. The summed E-state index contributed by atoms with van der Waals surface area (Å²) in [5.41, 5.74) is 1.85. The summed E-state index contributed by atoms with van der Waals surface area (Å²) in [6.45, 7) is 3.27. The highest BCUT2D eigenvalue weighted by Gasteiger charge is 2.31. The van der Waals surface area contributed by atoms with Crippen molar-refractivity contribution in [2.75, 3.05) is 5.32 Å². The van der Waals surface area contributed by atoms with Crippen molar-refractivity contribution >= 4 is 11.6 Å². The summed E-state index contributed by atoms with van der Waals surface area (Å²) in [4.78, 5) is 12.5. The fourth-order valence-corrected chi connectivity index (χ4v) is 2.91. The van der Waals surface area contributed by atoms with Crippen LogP contribution < -0.4 is 5.32 Å². The Kier molecular flexibility index (Phi) is 5.30. The predicted octanol–water partition coefficient (Wildman–Crippen LogP) is 3.86. The average molecular weight is 377 g/mol. The van der Waals surface area contributed by atoms with Gasteiger partial charge in [0.2, 0.25) is 0 Å². The predicted molar refractivity (Wildman–Crippen MR) is 105 cm³/mol. The molecule has 142 valence electrons. The number of aliphatic hydroxyl groups is 1. The number of nitrogens with zero attached hydrogens (tertiary/aromatic N) is 2. The van der Waals surface area contributed by atoms with E-state index in [4.69, 9.17) is 5.26 Å². The van der Waals surface area contributed by atoms with E-state index in [-0.39, 0.29) is 12.4 Å². The number of nitriles is 1.